The van der Waals surface area contributed by atoms with E-state index in [1.807, 2.05) is 48.5 Å². The zero-order chi connectivity index (χ0) is 26.4. The second-order valence-corrected chi connectivity index (χ2v) is 8.77. The van der Waals surface area contributed by atoms with Gasteiger partial charge < -0.3 is 19.5 Å². The Bertz CT molecular complexity index is 1330. The van der Waals surface area contributed by atoms with E-state index in [9.17, 15) is 13.9 Å². The number of halogens is 2. The largest absolute Gasteiger partial charge is 0.497 e. The van der Waals surface area contributed by atoms with Crippen molar-refractivity contribution in [3.8, 4) is 11.5 Å². The number of likely N-dealkylation sites (N-methyl/N-ethyl adjacent to an activating group) is 1. The first-order valence-corrected chi connectivity index (χ1v) is 11.9. The molecule has 38 heavy (non-hydrogen) atoms. The van der Waals surface area contributed by atoms with Gasteiger partial charge in [-0.15, -0.1) is 5.10 Å². The molecule has 9 heteroatoms. The first-order valence-electron chi connectivity index (χ1n) is 11.9. The third kappa shape index (κ3) is 6.23. The van der Waals surface area contributed by atoms with Crippen LogP contribution in [0, 0.1) is 0 Å². The van der Waals surface area contributed by atoms with Gasteiger partial charge in [-0.3, -0.25) is 0 Å². The Morgan fingerprint density at radius 1 is 1.05 bits per heavy atom. The Kier molecular flexibility index (Phi) is 9.65. The van der Waals surface area contributed by atoms with Crippen molar-refractivity contribution in [3.63, 3.8) is 0 Å². The molecule has 1 unspecified atom stereocenters. The summed E-state index contributed by atoms with van der Waals surface area (Å²) in [5.74, 6) is 0.661. The van der Waals surface area contributed by atoms with Crippen LogP contribution in [-0.2, 0) is 28.6 Å². The van der Waals surface area contributed by atoms with Gasteiger partial charge >= 0.3 is 6.61 Å². The molecule has 1 aliphatic rings. The first kappa shape index (κ1) is 28.9. The molecule has 1 aliphatic heterocycles. The van der Waals surface area contributed by atoms with Crippen LogP contribution in [0.3, 0.4) is 0 Å². The van der Waals surface area contributed by atoms with Gasteiger partial charge in [0.2, 0.25) is 5.90 Å². The number of nitrogens with zero attached hydrogens (tertiary/aromatic N) is 3. The number of hydrogen-bond donors (Lipinski definition) is 1. The first-order chi connectivity index (χ1) is 17.9. The summed E-state index contributed by atoms with van der Waals surface area (Å²) < 4.78 is 35.8. The molecule has 0 fully saturated rings. The van der Waals surface area contributed by atoms with E-state index >= 15 is 0 Å². The minimum absolute atomic E-state index is 0. The number of aliphatic hydroxyl groups is 1. The van der Waals surface area contributed by atoms with Crippen LogP contribution in [0.25, 0.3) is 0 Å². The minimum atomic E-state index is -2.89. The molecule has 0 aliphatic carbocycles. The maximum Gasteiger partial charge on any atom is 0.387 e. The van der Waals surface area contributed by atoms with Gasteiger partial charge in [-0.1, -0.05) is 30.3 Å². The van der Waals surface area contributed by atoms with Gasteiger partial charge in [0.25, 0.3) is 0 Å². The predicted octanol–water partition coefficient (Wildman–Crippen LogP) is 6.51. The molecule has 0 spiro atoms. The summed E-state index contributed by atoms with van der Waals surface area (Å²) in [7, 11) is 1.62. The number of anilines is 1. The molecule has 4 rings (SSSR count). The van der Waals surface area contributed by atoms with Crippen molar-refractivity contribution in [3.05, 3.63) is 101 Å². The molecule has 3 aromatic carbocycles. The standard InChI is InChI=1S/C29H29F2N3O3.Co/c1-4-34-25-14-13-22(36-3)18-24(25)29(2,19-20-9-8-12-23(17-20)37-28(30)31)26(34)15-16-32-33-27(35)21-10-6-5-7-11-21;/h5-18,28H,4,19H2,1-3H3,(H,33,35);/b26-15-,32-16+;. The number of ether oxygens (including phenoxy) is 2. The summed E-state index contributed by atoms with van der Waals surface area (Å²) in [4.78, 5) is 2.18. The fourth-order valence-corrected chi connectivity index (χ4v) is 4.76. The van der Waals surface area contributed by atoms with Crippen molar-refractivity contribution in [2.45, 2.75) is 32.3 Å². The molecule has 1 heterocycles. The van der Waals surface area contributed by atoms with Crippen LogP contribution in [0.4, 0.5) is 14.5 Å². The van der Waals surface area contributed by atoms with Crippen molar-refractivity contribution in [1.82, 2.24) is 0 Å². The van der Waals surface area contributed by atoms with Gasteiger partial charge in [0, 0.05) is 45.7 Å². The number of allylic oxidation sites excluding steroid dienone is 2. The van der Waals surface area contributed by atoms with E-state index in [-0.39, 0.29) is 28.4 Å². The van der Waals surface area contributed by atoms with Crippen molar-refractivity contribution < 1.29 is 40.1 Å². The predicted molar refractivity (Wildman–Crippen MR) is 142 cm³/mol. The monoisotopic (exact) mass is 564 g/mol. The third-order valence-electron chi connectivity index (χ3n) is 6.43. The summed E-state index contributed by atoms with van der Waals surface area (Å²) >= 11 is 0. The van der Waals surface area contributed by atoms with Crippen molar-refractivity contribution in [1.29, 1.82) is 0 Å². The van der Waals surface area contributed by atoms with Gasteiger partial charge in [0.15, 0.2) is 0 Å². The van der Waals surface area contributed by atoms with E-state index in [0.717, 1.165) is 28.3 Å². The third-order valence-corrected chi connectivity index (χ3v) is 6.43. The molecular formula is C29H29CoF2N3O3. The molecule has 0 bridgehead atoms. The van der Waals surface area contributed by atoms with Gasteiger partial charge in [0.05, 0.1) is 13.3 Å². The number of alkyl halides is 2. The molecule has 0 amide bonds. The summed E-state index contributed by atoms with van der Waals surface area (Å²) in [6.07, 6.45) is 3.94. The van der Waals surface area contributed by atoms with E-state index in [0.29, 0.717) is 18.5 Å². The molecule has 0 saturated carbocycles. The van der Waals surface area contributed by atoms with Crippen LogP contribution in [-0.4, -0.2) is 37.5 Å². The molecule has 1 N–H and O–H groups in total. The van der Waals surface area contributed by atoms with Gasteiger partial charge in [-0.05, 0) is 79.9 Å². The fraction of sp³-hybridized carbons (Fsp3) is 0.241. The second kappa shape index (κ2) is 12.7. The number of benzene rings is 3. The Morgan fingerprint density at radius 2 is 1.82 bits per heavy atom. The Morgan fingerprint density at radius 3 is 2.50 bits per heavy atom. The fourth-order valence-electron chi connectivity index (χ4n) is 4.76. The van der Waals surface area contributed by atoms with Gasteiger partial charge in [-0.25, -0.2) is 0 Å². The Balaban J connectivity index is 0.00000400. The number of methoxy groups -OCH3 is 1. The van der Waals surface area contributed by atoms with Crippen molar-refractivity contribution >= 4 is 17.8 Å². The van der Waals surface area contributed by atoms with Crippen LogP contribution < -0.4 is 14.4 Å². The normalized spacial score (nSPS) is 18.1. The van der Waals surface area contributed by atoms with E-state index in [4.69, 9.17) is 4.74 Å². The van der Waals surface area contributed by atoms with Crippen LogP contribution in [0.2, 0.25) is 0 Å². The van der Waals surface area contributed by atoms with Crippen LogP contribution in [0.5, 0.6) is 11.5 Å². The average Bonchev–Trinajstić information content (AvgIpc) is 3.13. The molecular weight excluding hydrogens is 535 g/mol. The molecule has 3 aromatic rings. The van der Waals surface area contributed by atoms with Crippen molar-refractivity contribution in [2.75, 3.05) is 18.6 Å². The molecule has 1 radical (unpaired) electrons. The van der Waals surface area contributed by atoms with E-state index in [2.05, 4.69) is 33.7 Å². The Hall–Kier alpha value is -3.69. The molecule has 6 nitrogen and oxygen atoms in total. The summed E-state index contributed by atoms with van der Waals surface area (Å²) in [5, 5.41) is 18.2. The molecule has 0 saturated heterocycles. The van der Waals surface area contributed by atoms with E-state index in [1.54, 1.807) is 37.6 Å². The minimum Gasteiger partial charge on any atom is -0.497 e. The number of fused-ring (bicyclic) bond motifs is 1. The molecule has 1 atom stereocenters. The number of rotatable bonds is 9. The van der Waals surface area contributed by atoms with E-state index in [1.165, 1.54) is 6.07 Å². The quantitative estimate of drug-likeness (QED) is 0.183. The maximum atomic E-state index is 12.8. The summed E-state index contributed by atoms with van der Waals surface area (Å²) in [6.45, 7) is 1.96. The van der Waals surface area contributed by atoms with Crippen LogP contribution >= 0.6 is 0 Å². The maximum absolute atomic E-state index is 12.8. The van der Waals surface area contributed by atoms with Gasteiger partial charge in [-0.2, -0.15) is 13.9 Å². The topological polar surface area (TPSA) is 66.7 Å². The van der Waals surface area contributed by atoms with Crippen molar-refractivity contribution in [2.24, 2.45) is 10.2 Å². The second-order valence-electron chi connectivity index (χ2n) is 8.77. The zero-order valence-corrected chi connectivity index (χ0v) is 22.3. The van der Waals surface area contributed by atoms with Crippen LogP contribution in [0.1, 0.15) is 30.5 Å². The molecule has 201 valence electrons. The number of aliphatic hydroxyl groups excluding tert-OH is 1. The van der Waals surface area contributed by atoms with Gasteiger partial charge in [0.1, 0.15) is 11.5 Å². The summed E-state index contributed by atoms with van der Waals surface area (Å²) in [5.41, 5.74) is 3.90. The van der Waals surface area contributed by atoms with Crippen LogP contribution in [0.15, 0.2) is 94.8 Å². The average molecular weight is 564 g/mol. The smallest absolute Gasteiger partial charge is 0.387 e. The zero-order valence-electron chi connectivity index (χ0n) is 21.3. The Labute approximate surface area is 231 Å². The SMILES string of the molecule is CCN1\C(=C/C=N/N=C(\O)c2ccccc2)C(C)(Cc2cccc(OC(F)F)c2)c2cc(OC)ccc21.[Co]. The summed E-state index contributed by atoms with van der Waals surface area (Å²) in [6, 6.07) is 21.7. The molecule has 0 aromatic heterocycles. The number of hydrogen-bond acceptors (Lipinski definition) is 5. The van der Waals surface area contributed by atoms with E-state index < -0.39 is 12.0 Å².